The molecular weight excluding hydrogens is 266 g/mol. The average molecular weight is 286 g/mol. The van der Waals surface area contributed by atoms with E-state index in [1.807, 2.05) is 0 Å². The normalized spacial score (nSPS) is 17.6. The fourth-order valence-electron chi connectivity index (χ4n) is 1.66. The molecule has 8 heteroatoms. The molecule has 102 valence electrons. The molecule has 0 radical (unpaired) electrons. The zero-order valence-corrected chi connectivity index (χ0v) is 11.8. The molecule has 6 nitrogen and oxygen atoms in total. The minimum absolute atomic E-state index is 0. The number of nitrogens with zero attached hydrogens (tertiary/aromatic N) is 2. The summed E-state index contributed by atoms with van der Waals surface area (Å²) >= 11 is 0. The van der Waals surface area contributed by atoms with Gasteiger partial charge in [0.15, 0.2) is 0 Å². The summed E-state index contributed by atoms with van der Waals surface area (Å²) in [5, 5.41) is 2.92. The molecule has 0 spiro atoms. The highest BCUT2D eigenvalue weighted by atomic mass is 35.5. The zero-order valence-electron chi connectivity index (χ0n) is 10.2. The summed E-state index contributed by atoms with van der Waals surface area (Å²) in [5.41, 5.74) is 0. The van der Waals surface area contributed by atoms with Gasteiger partial charge in [0, 0.05) is 39.1 Å². The van der Waals surface area contributed by atoms with Gasteiger partial charge in [0.05, 0.1) is 6.26 Å². The third-order valence-corrected chi connectivity index (χ3v) is 3.95. The molecule has 0 aromatic carbocycles. The number of amides is 1. The number of rotatable bonds is 4. The molecule has 1 aliphatic rings. The van der Waals surface area contributed by atoms with Gasteiger partial charge in [0.25, 0.3) is 0 Å². The zero-order chi connectivity index (χ0) is 12.2. The molecule has 0 saturated carbocycles. The Morgan fingerprint density at radius 2 is 1.76 bits per heavy atom. The van der Waals surface area contributed by atoms with Crippen LogP contribution in [0.4, 0.5) is 0 Å². The molecule has 0 aromatic rings. The summed E-state index contributed by atoms with van der Waals surface area (Å²) in [6.45, 7) is 2.46. The lowest BCUT2D eigenvalue weighted by atomic mass is 10.3. The summed E-state index contributed by atoms with van der Waals surface area (Å²) in [5.74, 6) is 0.0856. The number of carbonyl (C=O) groups excluding carboxylic acids is 1. The first-order valence-corrected chi connectivity index (χ1v) is 7.17. The highest BCUT2D eigenvalue weighted by Crippen LogP contribution is 2.06. The Hall–Kier alpha value is -0.370. The van der Waals surface area contributed by atoms with E-state index in [0.717, 1.165) is 0 Å². The summed E-state index contributed by atoms with van der Waals surface area (Å²) < 4.78 is 23.9. The number of hydrogen-bond acceptors (Lipinski definition) is 4. The highest BCUT2D eigenvalue weighted by Gasteiger charge is 2.25. The smallest absolute Gasteiger partial charge is 0.223 e. The Balaban J connectivity index is 0.00000256. The van der Waals surface area contributed by atoms with Crippen LogP contribution in [0.1, 0.15) is 6.42 Å². The fraction of sp³-hybridized carbons (Fsp3) is 0.889. The molecule has 17 heavy (non-hydrogen) atoms. The Labute approximate surface area is 109 Å². The van der Waals surface area contributed by atoms with Crippen LogP contribution in [0.15, 0.2) is 0 Å². The second kappa shape index (κ2) is 7.15. The van der Waals surface area contributed by atoms with Crippen LogP contribution in [0.5, 0.6) is 0 Å². The molecular formula is C9H20ClN3O3S. The monoisotopic (exact) mass is 285 g/mol. The minimum atomic E-state index is -3.11. The van der Waals surface area contributed by atoms with Crippen molar-refractivity contribution in [2.75, 3.05) is 46.0 Å². The van der Waals surface area contributed by atoms with Crippen molar-refractivity contribution in [1.29, 1.82) is 0 Å². The maximum absolute atomic E-state index is 11.6. The number of halogens is 1. The van der Waals surface area contributed by atoms with E-state index in [2.05, 4.69) is 5.32 Å². The van der Waals surface area contributed by atoms with Gasteiger partial charge >= 0.3 is 0 Å². The van der Waals surface area contributed by atoms with Gasteiger partial charge in [0.2, 0.25) is 15.9 Å². The maximum Gasteiger partial charge on any atom is 0.223 e. The van der Waals surface area contributed by atoms with E-state index in [1.165, 1.54) is 10.6 Å². The van der Waals surface area contributed by atoms with Crippen LogP contribution in [0.3, 0.4) is 0 Å². The van der Waals surface area contributed by atoms with Crippen molar-refractivity contribution in [2.24, 2.45) is 0 Å². The first-order chi connectivity index (χ1) is 7.45. The van der Waals surface area contributed by atoms with Crippen LogP contribution in [-0.4, -0.2) is 69.6 Å². The first kappa shape index (κ1) is 16.6. The predicted octanol–water partition coefficient (Wildman–Crippen LogP) is -0.878. The van der Waals surface area contributed by atoms with Gasteiger partial charge in [-0.15, -0.1) is 12.4 Å². The Morgan fingerprint density at radius 3 is 2.18 bits per heavy atom. The number of nitrogens with one attached hydrogen (secondary N) is 1. The van der Waals surface area contributed by atoms with Crippen LogP contribution in [-0.2, 0) is 14.8 Å². The quantitative estimate of drug-likeness (QED) is 0.728. The van der Waals surface area contributed by atoms with Crippen molar-refractivity contribution >= 4 is 28.3 Å². The van der Waals surface area contributed by atoms with Crippen molar-refractivity contribution < 1.29 is 13.2 Å². The van der Waals surface area contributed by atoms with Gasteiger partial charge < -0.3 is 10.2 Å². The molecule has 0 atom stereocenters. The van der Waals surface area contributed by atoms with Gasteiger partial charge in [0.1, 0.15) is 0 Å². The molecule has 1 fully saturated rings. The average Bonchev–Trinajstić information content (AvgIpc) is 2.25. The lowest BCUT2D eigenvalue weighted by Gasteiger charge is -2.33. The van der Waals surface area contributed by atoms with Gasteiger partial charge in [-0.3, -0.25) is 4.79 Å². The number of carbonyl (C=O) groups is 1. The van der Waals surface area contributed by atoms with E-state index in [1.54, 1.807) is 11.9 Å². The van der Waals surface area contributed by atoms with E-state index in [-0.39, 0.29) is 18.3 Å². The molecule has 0 bridgehead atoms. The van der Waals surface area contributed by atoms with Crippen molar-refractivity contribution in [3.63, 3.8) is 0 Å². The summed E-state index contributed by atoms with van der Waals surface area (Å²) in [6.07, 6.45) is 1.67. The van der Waals surface area contributed by atoms with Crippen LogP contribution in [0, 0.1) is 0 Å². The Morgan fingerprint density at radius 1 is 1.24 bits per heavy atom. The van der Waals surface area contributed by atoms with E-state index in [4.69, 9.17) is 0 Å². The molecule has 1 aliphatic heterocycles. The minimum Gasteiger partial charge on any atom is -0.340 e. The van der Waals surface area contributed by atoms with E-state index >= 15 is 0 Å². The second-order valence-corrected chi connectivity index (χ2v) is 5.88. The Bertz CT molecular complexity index is 339. The van der Waals surface area contributed by atoms with E-state index in [9.17, 15) is 13.2 Å². The Kier molecular flexibility index (Phi) is 6.99. The lowest BCUT2D eigenvalue weighted by Crippen LogP contribution is -2.50. The summed E-state index contributed by atoms with van der Waals surface area (Å²) in [7, 11) is -1.31. The largest absolute Gasteiger partial charge is 0.340 e. The van der Waals surface area contributed by atoms with Crippen LogP contribution >= 0.6 is 12.4 Å². The van der Waals surface area contributed by atoms with Gasteiger partial charge in [-0.05, 0) is 7.05 Å². The van der Waals surface area contributed by atoms with Crippen LogP contribution in [0.2, 0.25) is 0 Å². The molecule has 1 rings (SSSR count). The van der Waals surface area contributed by atoms with Gasteiger partial charge in [-0.25, -0.2) is 8.42 Å². The van der Waals surface area contributed by atoms with Crippen LogP contribution in [0.25, 0.3) is 0 Å². The third kappa shape index (κ3) is 5.20. The van der Waals surface area contributed by atoms with E-state index in [0.29, 0.717) is 39.1 Å². The van der Waals surface area contributed by atoms with Crippen LogP contribution < -0.4 is 5.32 Å². The predicted molar refractivity (Wildman–Crippen MR) is 68.8 cm³/mol. The molecule has 0 aliphatic carbocycles. The molecule has 0 unspecified atom stereocenters. The molecule has 0 aromatic heterocycles. The molecule has 1 saturated heterocycles. The second-order valence-electron chi connectivity index (χ2n) is 3.90. The molecule has 1 N–H and O–H groups in total. The molecule has 1 heterocycles. The summed E-state index contributed by atoms with van der Waals surface area (Å²) in [6, 6.07) is 0. The van der Waals surface area contributed by atoms with Gasteiger partial charge in [-0.1, -0.05) is 0 Å². The number of sulfonamides is 1. The molecule has 1 amide bonds. The highest BCUT2D eigenvalue weighted by molar-refractivity contribution is 7.88. The third-order valence-electron chi connectivity index (χ3n) is 2.65. The van der Waals surface area contributed by atoms with Gasteiger partial charge in [-0.2, -0.15) is 4.31 Å². The first-order valence-electron chi connectivity index (χ1n) is 5.32. The standard InChI is InChI=1S/C9H19N3O3S.ClH/c1-10-4-3-9(13)11-5-7-12(8-6-11)16(2,14)15;/h10H,3-8H2,1-2H3;1H. The fourth-order valence-corrected chi connectivity index (χ4v) is 2.49. The summed E-state index contributed by atoms with van der Waals surface area (Å²) in [4.78, 5) is 13.4. The van der Waals surface area contributed by atoms with Crippen molar-refractivity contribution in [3.8, 4) is 0 Å². The van der Waals surface area contributed by atoms with Crippen molar-refractivity contribution in [1.82, 2.24) is 14.5 Å². The topological polar surface area (TPSA) is 69.7 Å². The number of piperazine rings is 1. The lowest BCUT2D eigenvalue weighted by molar-refractivity contribution is -0.132. The number of hydrogen-bond donors (Lipinski definition) is 1. The van der Waals surface area contributed by atoms with Crippen molar-refractivity contribution in [3.05, 3.63) is 0 Å². The SMILES string of the molecule is CNCCC(=O)N1CCN(S(C)(=O)=O)CC1.Cl. The van der Waals surface area contributed by atoms with E-state index < -0.39 is 10.0 Å². The van der Waals surface area contributed by atoms with Crippen molar-refractivity contribution in [2.45, 2.75) is 6.42 Å². The maximum atomic E-state index is 11.6.